The number of hydrogen-bond acceptors (Lipinski definition) is 3. The van der Waals surface area contributed by atoms with Crippen molar-refractivity contribution in [2.24, 2.45) is 0 Å². The summed E-state index contributed by atoms with van der Waals surface area (Å²) in [5.41, 5.74) is 0.407. The lowest BCUT2D eigenvalue weighted by molar-refractivity contribution is -0.274. The number of ether oxygens (including phenoxy) is 1. The standard InChI is InChI=1S/C12H13F3N2O2/c1-16-10-5-6-17(11(10)18)8-3-2-4-9(7-8)19-12(13,14)15/h2-4,7,10,16H,5-6H2,1H3/t10-/m0/s1. The van der Waals surface area contributed by atoms with Crippen LogP contribution in [0.25, 0.3) is 0 Å². The van der Waals surface area contributed by atoms with Gasteiger partial charge in [-0.2, -0.15) is 0 Å². The Bertz CT molecular complexity index is 476. The van der Waals surface area contributed by atoms with Crippen LogP contribution in [0.3, 0.4) is 0 Å². The summed E-state index contributed by atoms with van der Waals surface area (Å²) in [6, 6.07) is 5.14. The number of carbonyl (C=O) groups is 1. The van der Waals surface area contributed by atoms with Gasteiger partial charge in [0, 0.05) is 18.3 Å². The van der Waals surface area contributed by atoms with E-state index in [1.54, 1.807) is 13.1 Å². The predicted molar refractivity (Wildman–Crippen MR) is 62.9 cm³/mol. The van der Waals surface area contributed by atoms with Gasteiger partial charge in [-0.15, -0.1) is 13.2 Å². The third-order valence-corrected chi connectivity index (χ3v) is 2.92. The van der Waals surface area contributed by atoms with Crippen molar-refractivity contribution >= 4 is 11.6 Å². The molecule has 0 radical (unpaired) electrons. The molecule has 7 heteroatoms. The Hall–Kier alpha value is -1.76. The van der Waals surface area contributed by atoms with Crippen molar-refractivity contribution in [1.82, 2.24) is 5.32 Å². The Morgan fingerprint density at radius 3 is 2.74 bits per heavy atom. The molecule has 1 atom stereocenters. The van der Waals surface area contributed by atoms with Crippen LogP contribution in [0.15, 0.2) is 24.3 Å². The second-order valence-electron chi connectivity index (χ2n) is 4.16. The zero-order valence-electron chi connectivity index (χ0n) is 10.2. The molecule has 19 heavy (non-hydrogen) atoms. The van der Waals surface area contributed by atoms with Crippen molar-refractivity contribution in [2.75, 3.05) is 18.5 Å². The number of amides is 1. The van der Waals surface area contributed by atoms with Crippen LogP contribution in [0.4, 0.5) is 18.9 Å². The van der Waals surface area contributed by atoms with E-state index in [4.69, 9.17) is 0 Å². The van der Waals surface area contributed by atoms with Gasteiger partial charge in [0.05, 0.1) is 6.04 Å². The van der Waals surface area contributed by atoms with E-state index >= 15 is 0 Å². The lowest BCUT2D eigenvalue weighted by atomic mass is 10.2. The summed E-state index contributed by atoms with van der Waals surface area (Å²) in [7, 11) is 1.68. The molecule has 0 saturated carbocycles. The zero-order chi connectivity index (χ0) is 14.0. The second kappa shape index (κ2) is 5.08. The van der Waals surface area contributed by atoms with E-state index in [0.29, 0.717) is 18.7 Å². The molecule has 104 valence electrons. The van der Waals surface area contributed by atoms with Gasteiger partial charge in [0.1, 0.15) is 5.75 Å². The predicted octanol–water partition coefficient (Wildman–Crippen LogP) is 1.91. The van der Waals surface area contributed by atoms with E-state index in [-0.39, 0.29) is 17.7 Å². The topological polar surface area (TPSA) is 41.6 Å². The first kappa shape index (κ1) is 13.7. The number of benzene rings is 1. The molecular formula is C12H13F3N2O2. The Balaban J connectivity index is 2.18. The summed E-state index contributed by atoms with van der Waals surface area (Å²) >= 11 is 0. The van der Waals surface area contributed by atoms with Gasteiger partial charge >= 0.3 is 6.36 Å². The van der Waals surface area contributed by atoms with Crippen LogP contribution in [-0.2, 0) is 4.79 Å². The van der Waals surface area contributed by atoms with Crippen molar-refractivity contribution in [2.45, 2.75) is 18.8 Å². The molecule has 1 N–H and O–H groups in total. The van der Waals surface area contributed by atoms with Gasteiger partial charge in [0.15, 0.2) is 0 Å². The summed E-state index contributed by atoms with van der Waals surface area (Å²) in [5.74, 6) is -0.475. The molecule has 1 aromatic rings. The third kappa shape index (κ3) is 3.17. The monoisotopic (exact) mass is 274 g/mol. The lowest BCUT2D eigenvalue weighted by Gasteiger charge is -2.18. The van der Waals surface area contributed by atoms with Crippen molar-refractivity contribution in [1.29, 1.82) is 0 Å². The summed E-state index contributed by atoms with van der Waals surface area (Å²) in [4.78, 5) is 13.4. The van der Waals surface area contributed by atoms with Crippen molar-refractivity contribution < 1.29 is 22.7 Å². The molecule has 0 aliphatic carbocycles. The Kier molecular flexibility index (Phi) is 3.66. The molecule has 1 aliphatic heterocycles. The summed E-state index contributed by atoms with van der Waals surface area (Å²) in [6.45, 7) is 0.472. The van der Waals surface area contributed by atoms with E-state index in [1.807, 2.05) is 0 Å². The second-order valence-corrected chi connectivity index (χ2v) is 4.16. The molecule has 0 unspecified atom stereocenters. The Labute approximate surface area is 108 Å². The molecule has 1 aliphatic rings. The van der Waals surface area contributed by atoms with Gasteiger partial charge in [0.2, 0.25) is 5.91 Å². The highest BCUT2D eigenvalue weighted by Gasteiger charge is 2.33. The number of anilines is 1. The first-order valence-corrected chi connectivity index (χ1v) is 5.75. The highest BCUT2D eigenvalue weighted by Crippen LogP contribution is 2.28. The maximum atomic E-state index is 12.1. The third-order valence-electron chi connectivity index (χ3n) is 2.92. The first-order valence-electron chi connectivity index (χ1n) is 5.75. The number of halogens is 3. The molecule has 0 spiro atoms. The van der Waals surface area contributed by atoms with Gasteiger partial charge in [0.25, 0.3) is 0 Å². The fraction of sp³-hybridized carbons (Fsp3) is 0.417. The first-order chi connectivity index (χ1) is 8.90. The summed E-state index contributed by atoms with van der Waals surface area (Å²) < 4.78 is 40.2. The van der Waals surface area contributed by atoms with E-state index in [0.717, 1.165) is 0 Å². The quantitative estimate of drug-likeness (QED) is 0.915. The van der Waals surface area contributed by atoms with Crippen LogP contribution in [0.1, 0.15) is 6.42 Å². The maximum Gasteiger partial charge on any atom is 0.573 e. The fourth-order valence-corrected chi connectivity index (χ4v) is 2.05. The largest absolute Gasteiger partial charge is 0.573 e. The van der Waals surface area contributed by atoms with E-state index in [1.165, 1.54) is 23.1 Å². The Morgan fingerprint density at radius 1 is 1.42 bits per heavy atom. The maximum absolute atomic E-state index is 12.1. The van der Waals surface area contributed by atoms with Crippen molar-refractivity contribution in [3.05, 3.63) is 24.3 Å². The van der Waals surface area contributed by atoms with Crippen LogP contribution in [-0.4, -0.2) is 31.9 Å². The molecule has 1 aromatic carbocycles. The molecule has 1 fully saturated rings. The van der Waals surface area contributed by atoms with Crippen LogP contribution >= 0.6 is 0 Å². The van der Waals surface area contributed by atoms with Crippen molar-refractivity contribution in [3.8, 4) is 5.75 Å². The molecule has 4 nitrogen and oxygen atoms in total. The van der Waals surface area contributed by atoms with E-state index in [9.17, 15) is 18.0 Å². The average molecular weight is 274 g/mol. The smallest absolute Gasteiger partial charge is 0.406 e. The summed E-state index contributed by atoms with van der Waals surface area (Å²) in [6.07, 6.45) is -4.11. The zero-order valence-corrected chi connectivity index (χ0v) is 10.2. The van der Waals surface area contributed by atoms with Crippen LogP contribution in [0.2, 0.25) is 0 Å². The van der Waals surface area contributed by atoms with E-state index in [2.05, 4.69) is 10.1 Å². The normalized spacial score (nSPS) is 19.9. The van der Waals surface area contributed by atoms with Gasteiger partial charge in [-0.25, -0.2) is 0 Å². The van der Waals surface area contributed by atoms with Crippen LogP contribution in [0, 0.1) is 0 Å². The lowest BCUT2D eigenvalue weighted by Crippen LogP contribution is -2.36. The number of nitrogens with zero attached hydrogens (tertiary/aromatic N) is 1. The van der Waals surface area contributed by atoms with Crippen LogP contribution < -0.4 is 15.0 Å². The minimum Gasteiger partial charge on any atom is -0.406 e. The highest BCUT2D eigenvalue weighted by atomic mass is 19.4. The molecule has 0 bridgehead atoms. The number of rotatable bonds is 3. The number of nitrogens with one attached hydrogen (secondary N) is 1. The Morgan fingerprint density at radius 2 is 2.16 bits per heavy atom. The molecule has 1 saturated heterocycles. The molecular weight excluding hydrogens is 261 g/mol. The minimum absolute atomic E-state index is 0.147. The van der Waals surface area contributed by atoms with Crippen LogP contribution in [0.5, 0.6) is 5.75 Å². The minimum atomic E-state index is -4.73. The molecule has 2 rings (SSSR count). The van der Waals surface area contributed by atoms with Gasteiger partial charge in [-0.1, -0.05) is 6.07 Å². The highest BCUT2D eigenvalue weighted by molar-refractivity contribution is 5.99. The number of hydrogen-bond donors (Lipinski definition) is 1. The fourth-order valence-electron chi connectivity index (χ4n) is 2.05. The van der Waals surface area contributed by atoms with Gasteiger partial charge in [-0.05, 0) is 25.6 Å². The average Bonchev–Trinajstić information content (AvgIpc) is 2.68. The SMILES string of the molecule is CN[C@H]1CCN(c2cccc(OC(F)(F)F)c2)C1=O. The number of likely N-dealkylation sites (N-methyl/N-ethyl adjacent to an activating group) is 1. The van der Waals surface area contributed by atoms with Crippen molar-refractivity contribution in [3.63, 3.8) is 0 Å². The summed E-state index contributed by atoms with van der Waals surface area (Å²) in [5, 5.41) is 2.86. The number of carbonyl (C=O) groups excluding carboxylic acids is 1. The molecule has 1 amide bonds. The van der Waals surface area contributed by atoms with Gasteiger partial charge in [-0.3, -0.25) is 4.79 Å². The number of alkyl halides is 3. The van der Waals surface area contributed by atoms with E-state index < -0.39 is 6.36 Å². The van der Waals surface area contributed by atoms with Gasteiger partial charge < -0.3 is 15.0 Å². The molecule has 1 heterocycles. The molecule has 0 aromatic heterocycles.